The van der Waals surface area contributed by atoms with Crippen molar-refractivity contribution >= 4 is 38.9 Å². The van der Waals surface area contributed by atoms with Gasteiger partial charge in [0.05, 0.1) is 29.6 Å². The Balaban J connectivity index is 1.81. The number of hydrogen-bond donors (Lipinski definition) is 0. The molecular weight excluding hydrogens is 449 g/mol. The topological polar surface area (TPSA) is 74.8 Å². The largest absolute Gasteiger partial charge is 0.461 e. The van der Waals surface area contributed by atoms with Crippen molar-refractivity contribution in [3.8, 4) is 6.07 Å². The smallest absolute Gasteiger partial charge is 0.356 e. The fraction of sp³-hybridized carbons (Fsp3) is 0.130. The number of carbonyl (C=O) groups is 1. The molecule has 0 aliphatic carbocycles. The molecule has 1 unspecified atom stereocenters. The number of rotatable bonds is 4. The van der Waals surface area contributed by atoms with Gasteiger partial charge in [-0.15, -0.1) is 0 Å². The summed E-state index contributed by atoms with van der Waals surface area (Å²) in [6.07, 6.45) is 3.33. The van der Waals surface area contributed by atoms with E-state index >= 15 is 0 Å². The van der Waals surface area contributed by atoms with Gasteiger partial charge in [-0.2, -0.15) is 5.26 Å². The molecule has 0 spiro atoms. The first-order valence-electron chi connectivity index (χ1n) is 9.23. The molecular formula is C23H15BrFN3O2. The van der Waals surface area contributed by atoms with Gasteiger partial charge in [0.15, 0.2) is 0 Å². The molecule has 0 N–H and O–H groups in total. The van der Waals surface area contributed by atoms with Crippen molar-refractivity contribution in [3.05, 3.63) is 87.3 Å². The number of esters is 1. The van der Waals surface area contributed by atoms with Gasteiger partial charge < -0.3 is 4.74 Å². The highest BCUT2D eigenvalue weighted by Gasteiger charge is 2.32. The summed E-state index contributed by atoms with van der Waals surface area (Å²) < 4.78 is 20.2. The van der Waals surface area contributed by atoms with Gasteiger partial charge in [-0.1, -0.05) is 28.1 Å². The van der Waals surface area contributed by atoms with Crippen LogP contribution in [0.4, 0.5) is 4.39 Å². The van der Waals surface area contributed by atoms with Gasteiger partial charge in [-0.25, -0.2) is 14.2 Å². The summed E-state index contributed by atoms with van der Waals surface area (Å²) in [7, 11) is 0. The number of ether oxygens (including phenoxy) is 1. The van der Waals surface area contributed by atoms with Gasteiger partial charge >= 0.3 is 5.97 Å². The maximum absolute atomic E-state index is 14.5. The molecule has 1 atom stereocenters. The van der Waals surface area contributed by atoms with Gasteiger partial charge in [0, 0.05) is 10.0 Å². The fourth-order valence-corrected chi connectivity index (χ4v) is 3.65. The lowest BCUT2D eigenvalue weighted by molar-refractivity contribution is -0.134. The summed E-state index contributed by atoms with van der Waals surface area (Å²) in [4.78, 5) is 21.4. The van der Waals surface area contributed by atoms with E-state index in [1.165, 1.54) is 6.07 Å². The third kappa shape index (κ3) is 3.74. The summed E-state index contributed by atoms with van der Waals surface area (Å²) in [5, 5.41) is 9.05. The lowest BCUT2D eigenvalue weighted by Crippen LogP contribution is -2.22. The van der Waals surface area contributed by atoms with Crippen molar-refractivity contribution in [1.29, 1.82) is 5.26 Å². The molecule has 2 heterocycles. The van der Waals surface area contributed by atoms with Crippen molar-refractivity contribution < 1.29 is 13.9 Å². The number of halogens is 2. The molecule has 0 bridgehead atoms. The molecule has 2 aromatic rings. The van der Waals surface area contributed by atoms with Gasteiger partial charge in [0.2, 0.25) is 0 Å². The number of aliphatic imine (C=N–C) groups is 2. The molecule has 4 rings (SSSR count). The van der Waals surface area contributed by atoms with E-state index in [-0.39, 0.29) is 12.3 Å². The average molecular weight is 464 g/mol. The molecule has 5 nitrogen and oxygen atoms in total. The number of fused-ring (bicyclic) bond motifs is 1. The van der Waals surface area contributed by atoms with Crippen LogP contribution in [0.5, 0.6) is 0 Å². The first-order valence-corrected chi connectivity index (χ1v) is 10.0. The number of hydrogen-bond acceptors (Lipinski definition) is 5. The lowest BCUT2D eigenvalue weighted by Gasteiger charge is -2.20. The van der Waals surface area contributed by atoms with Crippen LogP contribution in [0, 0.1) is 17.1 Å². The Kier molecular flexibility index (Phi) is 5.42. The number of carbonyl (C=O) groups excluding carboxylic acids is 1. The second-order valence-electron chi connectivity index (χ2n) is 6.62. The van der Waals surface area contributed by atoms with E-state index in [9.17, 15) is 9.18 Å². The molecule has 2 aliphatic rings. The van der Waals surface area contributed by atoms with E-state index in [1.807, 2.05) is 0 Å². The molecule has 0 fully saturated rings. The Hall–Kier alpha value is -3.37. The molecule has 7 heteroatoms. The van der Waals surface area contributed by atoms with Gasteiger partial charge in [-0.3, -0.25) is 4.99 Å². The van der Waals surface area contributed by atoms with E-state index in [2.05, 4.69) is 32.0 Å². The zero-order chi connectivity index (χ0) is 21.3. The molecule has 0 saturated carbocycles. The number of nitrogens with zero attached hydrogens (tertiary/aromatic N) is 3. The van der Waals surface area contributed by atoms with Crippen molar-refractivity contribution in [3.63, 3.8) is 0 Å². The normalized spacial score (nSPS) is 17.2. The Morgan fingerprint density at radius 3 is 2.67 bits per heavy atom. The lowest BCUT2D eigenvalue weighted by atomic mass is 9.93. The molecule has 2 aromatic carbocycles. The Morgan fingerprint density at radius 1 is 1.23 bits per heavy atom. The second kappa shape index (κ2) is 8.17. The van der Waals surface area contributed by atoms with Crippen molar-refractivity contribution in [2.45, 2.75) is 13.0 Å². The van der Waals surface area contributed by atoms with E-state index in [4.69, 9.17) is 10.00 Å². The molecule has 0 aromatic heterocycles. The van der Waals surface area contributed by atoms with E-state index < -0.39 is 17.8 Å². The maximum atomic E-state index is 14.5. The monoisotopic (exact) mass is 463 g/mol. The molecule has 0 saturated heterocycles. The zero-order valence-electron chi connectivity index (χ0n) is 15.9. The van der Waals surface area contributed by atoms with Gasteiger partial charge in [0.25, 0.3) is 0 Å². The van der Waals surface area contributed by atoms with Crippen LogP contribution >= 0.6 is 15.9 Å². The third-order valence-electron chi connectivity index (χ3n) is 4.71. The summed E-state index contributed by atoms with van der Waals surface area (Å²) in [5.41, 5.74) is 3.56. The quantitative estimate of drug-likeness (QED) is 0.620. The van der Waals surface area contributed by atoms with Crippen LogP contribution in [-0.4, -0.2) is 30.0 Å². The number of nitriles is 1. The fourth-order valence-electron chi connectivity index (χ4n) is 3.31. The zero-order valence-corrected chi connectivity index (χ0v) is 17.5. The van der Waals surface area contributed by atoms with Crippen LogP contribution in [-0.2, 0) is 9.53 Å². The highest BCUT2D eigenvalue weighted by molar-refractivity contribution is 9.10. The predicted molar refractivity (Wildman–Crippen MR) is 116 cm³/mol. The Bertz CT molecular complexity index is 1200. The molecule has 2 aliphatic heterocycles. The van der Waals surface area contributed by atoms with Crippen LogP contribution in [0.25, 0.3) is 5.57 Å². The minimum absolute atomic E-state index is 0.159. The molecule has 0 amide bonds. The SMILES string of the molecule is CCOC(=O)C1=NC2=CC(c3ccc(Br)cc3F)=NC2C(c2ccc(C#N)cc2)=C1. The molecule has 30 heavy (non-hydrogen) atoms. The second-order valence-corrected chi connectivity index (χ2v) is 7.53. The van der Waals surface area contributed by atoms with E-state index in [1.54, 1.807) is 55.5 Å². The summed E-state index contributed by atoms with van der Waals surface area (Å²) in [5.74, 6) is -0.941. The van der Waals surface area contributed by atoms with Gasteiger partial charge in [0.1, 0.15) is 17.6 Å². The average Bonchev–Trinajstić information content (AvgIpc) is 3.17. The first kappa shape index (κ1) is 19.9. The maximum Gasteiger partial charge on any atom is 0.356 e. The van der Waals surface area contributed by atoms with Crippen molar-refractivity contribution in [2.75, 3.05) is 6.61 Å². The van der Waals surface area contributed by atoms with E-state index in [0.29, 0.717) is 27.0 Å². The van der Waals surface area contributed by atoms with Crippen LogP contribution in [0.15, 0.2) is 74.8 Å². The third-order valence-corrected chi connectivity index (χ3v) is 5.20. The highest BCUT2D eigenvalue weighted by atomic mass is 79.9. The predicted octanol–water partition coefficient (Wildman–Crippen LogP) is 4.62. The van der Waals surface area contributed by atoms with Crippen LogP contribution in [0.2, 0.25) is 0 Å². The minimum Gasteiger partial charge on any atom is -0.461 e. The summed E-state index contributed by atoms with van der Waals surface area (Å²) in [6.45, 7) is 1.95. The number of allylic oxidation sites excluding steroid dienone is 1. The Morgan fingerprint density at radius 2 is 2.00 bits per heavy atom. The van der Waals surface area contributed by atoms with Crippen molar-refractivity contribution in [1.82, 2.24) is 0 Å². The van der Waals surface area contributed by atoms with Crippen LogP contribution < -0.4 is 0 Å². The molecule has 0 radical (unpaired) electrons. The van der Waals surface area contributed by atoms with Crippen LogP contribution in [0.3, 0.4) is 0 Å². The van der Waals surface area contributed by atoms with Crippen LogP contribution in [0.1, 0.15) is 23.6 Å². The minimum atomic E-state index is -0.536. The van der Waals surface area contributed by atoms with Crippen molar-refractivity contribution in [2.24, 2.45) is 9.98 Å². The Labute approximate surface area is 181 Å². The first-order chi connectivity index (χ1) is 14.5. The number of dihydropyridines is 1. The van der Waals surface area contributed by atoms with Gasteiger partial charge in [-0.05, 0) is 60.5 Å². The molecule has 148 valence electrons. The summed E-state index contributed by atoms with van der Waals surface area (Å²) >= 11 is 3.26. The van der Waals surface area contributed by atoms with E-state index in [0.717, 1.165) is 11.1 Å². The highest BCUT2D eigenvalue weighted by Crippen LogP contribution is 2.35. The summed E-state index contributed by atoms with van der Waals surface area (Å²) in [6, 6.07) is 13.4. The standard InChI is InChI=1S/C23H15BrFN3O2/c1-2-30-23(29)21-10-17(14-5-3-13(12-26)4-6-14)22-20(27-21)11-19(28-22)16-8-7-15(24)9-18(16)25/h3-11,22H,2H2,1H3. The number of benzene rings is 2.